The molecule has 0 aliphatic heterocycles. The summed E-state index contributed by atoms with van der Waals surface area (Å²) in [6, 6.07) is 0. The molecule has 0 heterocycles. The van der Waals surface area contributed by atoms with Gasteiger partial charge in [0.05, 0.1) is 0 Å². The summed E-state index contributed by atoms with van der Waals surface area (Å²) < 4.78 is 36.9. The van der Waals surface area contributed by atoms with Crippen LogP contribution in [0.5, 0.6) is 0 Å². The van der Waals surface area contributed by atoms with Crippen molar-refractivity contribution in [2.45, 2.75) is 20.0 Å². The Kier molecular flexibility index (Phi) is 5.87. The molecule has 4 nitrogen and oxygen atoms in total. The Hall–Kier alpha value is -1.53. The Labute approximate surface area is 104 Å². The molecule has 0 rings (SSSR count). The SMILES string of the molecule is CC(C)=CC(=O)N(CC(=O)N(C)C)CC(F)(F)F. The highest BCUT2D eigenvalue weighted by Gasteiger charge is 2.33. The molecule has 0 N–H and O–H groups in total. The predicted molar refractivity (Wildman–Crippen MR) is 60.8 cm³/mol. The highest BCUT2D eigenvalue weighted by atomic mass is 19.4. The Morgan fingerprint density at radius 2 is 1.67 bits per heavy atom. The fourth-order valence-corrected chi connectivity index (χ4v) is 1.07. The van der Waals surface area contributed by atoms with E-state index in [0.717, 1.165) is 11.0 Å². The van der Waals surface area contributed by atoms with Gasteiger partial charge in [0.25, 0.3) is 0 Å². The smallest absolute Gasteiger partial charge is 0.347 e. The second-order valence-electron chi connectivity index (χ2n) is 4.32. The summed E-state index contributed by atoms with van der Waals surface area (Å²) in [5.74, 6) is -1.38. The van der Waals surface area contributed by atoms with Crippen molar-refractivity contribution < 1.29 is 22.8 Å². The number of hydrogen-bond acceptors (Lipinski definition) is 2. The number of halogens is 3. The molecule has 7 heteroatoms. The number of hydrogen-bond donors (Lipinski definition) is 0. The van der Waals surface area contributed by atoms with E-state index < -0.39 is 31.1 Å². The molecule has 0 unspecified atom stereocenters. The standard InChI is InChI=1S/C11H17F3N2O2/c1-8(2)5-9(17)16(7-11(12,13)14)6-10(18)15(3)4/h5H,6-7H2,1-4H3. The van der Waals surface area contributed by atoms with Crippen molar-refractivity contribution in [1.29, 1.82) is 0 Å². The molecule has 0 saturated carbocycles. The minimum atomic E-state index is -4.53. The number of nitrogens with zero attached hydrogens (tertiary/aromatic N) is 2. The van der Waals surface area contributed by atoms with Crippen molar-refractivity contribution in [3.05, 3.63) is 11.6 Å². The molecular weight excluding hydrogens is 249 g/mol. The largest absolute Gasteiger partial charge is 0.406 e. The molecule has 18 heavy (non-hydrogen) atoms. The Balaban J connectivity index is 4.89. The van der Waals surface area contributed by atoms with E-state index >= 15 is 0 Å². The molecular formula is C11H17F3N2O2. The maximum atomic E-state index is 12.3. The van der Waals surface area contributed by atoms with Crippen molar-refractivity contribution in [2.24, 2.45) is 0 Å². The van der Waals surface area contributed by atoms with Crippen molar-refractivity contribution in [3.8, 4) is 0 Å². The molecule has 0 aliphatic carbocycles. The molecule has 0 radical (unpaired) electrons. The van der Waals surface area contributed by atoms with E-state index in [1.165, 1.54) is 14.1 Å². The summed E-state index contributed by atoms with van der Waals surface area (Å²) >= 11 is 0. The average molecular weight is 266 g/mol. The number of rotatable bonds is 4. The fourth-order valence-electron chi connectivity index (χ4n) is 1.07. The lowest BCUT2D eigenvalue weighted by Crippen LogP contribution is -2.44. The van der Waals surface area contributed by atoms with E-state index in [2.05, 4.69) is 0 Å². The number of alkyl halides is 3. The maximum Gasteiger partial charge on any atom is 0.406 e. The summed E-state index contributed by atoms with van der Waals surface area (Å²) in [4.78, 5) is 24.6. The highest BCUT2D eigenvalue weighted by Crippen LogP contribution is 2.17. The second-order valence-corrected chi connectivity index (χ2v) is 4.32. The van der Waals surface area contributed by atoms with Crippen LogP contribution in [0.4, 0.5) is 13.2 Å². The molecule has 0 aromatic heterocycles. The first-order chi connectivity index (χ1) is 8.03. The number of amides is 2. The van der Waals surface area contributed by atoms with Gasteiger partial charge in [0, 0.05) is 20.2 Å². The molecule has 104 valence electrons. The molecule has 2 amide bonds. The molecule has 0 aliphatic rings. The van der Waals surface area contributed by atoms with Gasteiger partial charge in [-0.15, -0.1) is 0 Å². The zero-order valence-corrected chi connectivity index (χ0v) is 10.8. The summed E-state index contributed by atoms with van der Waals surface area (Å²) in [5.41, 5.74) is 0.574. The van der Waals surface area contributed by atoms with E-state index in [9.17, 15) is 22.8 Å². The topological polar surface area (TPSA) is 40.6 Å². The lowest BCUT2D eigenvalue weighted by atomic mass is 10.3. The van der Waals surface area contributed by atoms with E-state index in [0.29, 0.717) is 10.5 Å². The lowest BCUT2D eigenvalue weighted by molar-refractivity contribution is -0.161. The van der Waals surface area contributed by atoms with Crippen LogP contribution >= 0.6 is 0 Å². The normalized spacial score (nSPS) is 10.8. The summed E-state index contributed by atoms with van der Waals surface area (Å²) in [7, 11) is 2.83. The zero-order chi connectivity index (χ0) is 14.5. The Bertz CT molecular complexity index is 345. The quantitative estimate of drug-likeness (QED) is 0.722. The molecule has 0 saturated heterocycles. The summed E-state index contributed by atoms with van der Waals surface area (Å²) in [6.45, 7) is 1.17. The van der Waals surface area contributed by atoms with E-state index in [1.54, 1.807) is 13.8 Å². The van der Waals surface area contributed by atoms with Gasteiger partial charge in [0.2, 0.25) is 11.8 Å². The summed E-state index contributed by atoms with van der Waals surface area (Å²) in [6.07, 6.45) is -3.45. The summed E-state index contributed by atoms with van der Waals surface area (Å²) in [5, 5.41) is 0. The van der Waals surface area contributed by atoms with Crippen LogP contribution in [0.3, 0.4) is 0 Å². The maximum absolute atomic E-state index is 12.3. The first kappa shape index (κ1) is 16.5. The van der Waals surface area contributed by atoms with Gasteiger partial charge < -0.3 is 9.80 Å². The Morgan fingerprint density at radius 3 is 2.00 bits per heavy atom. The van der Waals surface area contributed by atoms with E-state index in [4.69, 9.17) is 0 Å². The first-order valence-electron chi connectivity index (χ1n) is 5.23. The second kappa shape index (κ2) is 6.42. The number of carbonyl (C=O) groups excluding carboxylic acids is 2. The number of likely N-dealkylation sites (N-methyl/N-ethyl adjacent to an activating group) is 1. The molecule has 0 fully saturated rings. The van der Waals surface area contributed by atoms with Gasteiger partial charge in [-0.05, 0) is 13.8 Å². The van der Waals surface area contributed by atoms with Crippen LogP contribution in [-0.4, -0.2) is 55.0 Å². The van der Waals surface area contributed by atoms with Crippen molar-refractivity contribution in [2.75, 3.05) is 27.2 Å². The minimum absolute atomic E-state index is 0.481. The monoisotopic (exact) mass is 266 g/mol. The predicted octanol–water partition coefficient (Wildman–Crippen LogP) is 1.43. The van der Waals surface area contributed by atoms with Gasteiger partial charge in [0.1, 0.15) is 13.1 Å². The fraction of sp³-hybridized carbons (Fsp3) is 0.636. The van der Waals surface area contributed by atoms with Crippen LogP contribution < -0.4 is 0 Å². The van der Waals surface area contributed by atoms with Crippen LogP contribution in [0.2, 0.25) is 0 Å². The van der Waals surface area contributed by atoms with E-state index in [-0.39, 0.29) is 0 Å². The van der Waals surface area contributed by atoms with E-state index in [1.807, 2.05) is 0 Å². The first-order valence-corrected chi connectivity index (χ1v) is 5.23. The van der Waals surface area contributed by atoms with Gasteiger partial charge in [-0.3, -0.25) is 9.59 Å². The zero-order valence-electron chi connectivity index (χ0n) is 10.8. The van der Waals surface area contributed by atoms with Crippen molar-refractivity contribution in [3.63, 3.8) is 0 Å². The molecule has 0 aromatic rings. The molecule has 0 atom stereocenters. The number of allylic oxidation sites excluding steroid dienone is 1. The molecule has 0 bridgehead atoms. The Morgan fingerprint density at radius 1 is 1.17 bits per heavy atom. The average Bonchev–Trinajstić information content (AvgIpc) is 2.12. The third-order valence-electron chi connectivity index (χ3n) is 1.92. The van der Waals surface area contributed by atoms with Crippen LogP contribution in [0.15, 0.2) is 11.6 Å². The van der Waals surface area contributed by atoms with Crippen molar-refractivity contribution in [1.82, 2.24) is 9.80 Å². The van der Waals surface area contributed by atoms with Gasteiger partial charge >= 0.3 is 6.18 Å². The van der Waals surface area contributed by atoms with Crippen LogP contribution in [0.1, 0.15) is 13.8 Å². The van der Waals surface area contributed by atoms with Gasteiger partial charge in [-0.1, -0.05) is 5.57 Å². The van der Waals surface area contributed by atoms with Crippen LogP contribution in [0.25, 0.3) is 0 Å². The van der Waals surface area contributed by atoms with Crippen molar-refractivity contribution >= 4 is 11.8 Å². The third-order valence-corrected chi connectivity index (χ3v) is 1.92. The minimum Gasteiger partial charge on any atom is -0.347 e. The number of carbonyl (C=O) groups is 2. The lowest BCUT2D eigenvalue weighted by Gasteiger charge is -2.23. The highest BCUT2D eigenvalue weighted by molar-refractivity contribution is 5.91. The molecule has 0 aromatic carbocycles. The van der Waals surface area contributed by atoms with Gasteiger partial charge in [0.15, 0.2) is 0 Å². The van der Waals surface area contributed by atoms with Gasteiger partial charge in [-0.25, -0.2) is 0 Å². The third kappa shape index (κ3) is 6.93. The van der Waals surface area contributed by atoms with Crippen LogP contribution in [0, 0.1) is 0 Å². The van der Waals surface area contributed by atoms with Gasteiger partial charge in [-0.2, -0.15) is 13.2 Å². The molecule has 0 spiro atoms. The van der Waals surface area contributed by atoms with Crippen LogP contribution in [-0.2, 0) is 9.59 Å².